The van der Waals surface area contributed by atoms with Crippen molar-refractivity contribution in [1.29, 1.82) is 0 Å². The summed E-state index contributed by atoms with van der Waals surface area (Å²) >= 11 is 2.40. The number of hydrogen-bond acceptors (Lipinski definition) is 10. The highest BCUT2D eigenvalue weighted by atomic mass is 32.2. The minimum Gasteiger partial charge on any atom is -0.462 e. The Morgan fingerprint density at radius 1 is 1.36 bits per heavy atom. The second-order valence-corrected chi connectivity index (χ2v) is 8.60. The van der Waals surface area contributed by atoms with E-state index in [4.69, 9.17) is 4.74 Å². The van der Waals surface area contributed by atoms with Crippen molar-refractivity contribution in [2.45, 2.75) is 25.1 Å². The van der Waals surface area contributed by atoms with Crippen LogP contribution in [-0.4, -0.2) is 44.6 Å². The lowest BCUT2D eigenvalue weighted by molar-refractivity contribution is -0.384. The van der Waals surface area contributed by atoms with E-state index in [9.17, 15) is 19.7 Å². The number of anilines is 1. The van der Waals surface area contributed by atoms with Crippen molar-refractivity contribution in [3.8, 4) is 0 Å². The third kappa shape index (κ3) is 3.24. The fraction of sp³-hybridized carbons (Fsp3) is 0.353. The molecule has 2 aliphatic rings. The number of hydrazone groups is 1. The summed E-state index contributed by atoms with van der Waals surface area (Å²) in [5.41, 5.74) is 1.02. The maximum absolute atomic E-state index is 12.4. The number of ketones is 1. The van der Waals surface area contributed by atoms with Crippen LogP contribution in [0.5, 0.6) is 0 Å². The van der Waals surface area contributed by atoms with Gasteiger partial charge in [0, 0.05) is 31.8 Å². The molecular formula is C17H18N4O5S2. The first-order valence-electron chi connectivity index (χ1n) is 8.35. The average Bonchev–Trinajstić information content (AvgIpc) is 3.16. The fourth-order valence-electron chi connectivity index (χ4n) is 2.75. The fourth-order valence-corrected chi connectivity index (χ4v) is 5.62. The molecule has 0 unspecified atom stereocenters. The minimum atomic E-state index is -0.998. The SMILES string of the molecule is CCOC(=O)C1=C(C)N(C)[C@@]2(SC(C(C)=O)=NN2c2cccc([N+](=O)[O-])c2)S1. The second-order valence-electron chi connectivity index (χ2n) is 6.00. The van der Waals surface area contributed by atoms with Gasteiger partial charge in [0.15, 0.2) is 10.8 Å². The summed E-state index contributed by atoms with van der Waals surface area (Å²) in [7, 11) is 1.78. The largest absolute Gasteiger partial charge is 0.462 e. The van der Waals surface area contributed by atoms with E-state index in [0.717, 1.165) is 0 Å². The number of nitrogens with zero attached hydrogens (tertiary/aromatic N) is 4. The number of hydrogen-bond donors (Lipinski definition) is 0. The first kappa shape index (κ1) is 20.2. The van der Waals surface area contributed by atoms with Crippen LogP contribution in [-0.2, 0) is 14.3 Å². The molecule has 0 fully saturated rings. The molecule has 1 aromatic rings. The van der Waals surface area contributed by atoms with E-state index < -0.39 is 15.2 Å². The Kier molecular flexibility index (Phi) is 5.39. The Morgan fingerprint density at radius 2 is 2.07 bits per heavy atom. The van der Waals surface area contributed by atoms with Gasteiger partial charge in [0.1, 0.15) is 4.91 Å². The maximum atomic E-state index is 12.4. The Labute approximate surface area is 169 Å². The van der Waals surface area contributed by atoms with Crippen molar-refractivity contribution in [2.75, 3.05) is 18.7 Å². The van der Waals surface area contributed by atoms with Gasteiger partial charge in [-0.05, 0) is 31.7 Å². The maximum Gasteiger partial charge on any atom is 0.346 e. The topological polar surface area (TPSA) is 105 Å². The summed E-state index contributed by atoms with van der Waals surface area (Å²) in [6, 6.07) is 6.00. The highest BCUT2D eigenvalue weighted by molar-refractivity contribution is 8.28. The van der Waals surface area contributed by atoms with Gasteiger partial charge >= 0.3 is 5.97 Å². The number of allylic oxidation sites excluding steroid dienone is 1. The lowest BCUT2D eigenvalue weighted by Gasteiger charge is -2.39. The van der Waals surface area contributed by atoms with Gasteiger partial charge in [0.05, 0.1) is 17.2 Å². The molecule has 0 aromatic heterocycles. The number of Topliss-reactive ketones (excluding diaryl/α,β-unsaturated/α-hetero) is 1. The quantitative estimate of drug-likeness (QED) is 0.402. The first-order chi connectivity index (χ1) is 13.2. The molecule has 11 heteroatoms. The molecular weight excluding hydrogens is 404 g/mol. The van der Waals surface area contributed by atoms with Crippen LogP contribution >= 0.6 is 23.5 Å². The molecule has 1 atom stereocenters. The van der Waals surface area contributed by atoms with E-state index >= 15 is 0 Å². The first-order valence-corrected chi connectivity index (χ1v) is 9.98. The summed E-state index contributed by atoms with van der Waals surface area (Å²) in [6.07, 6.45) is 0. The van der Waals surface area contributed by atoms with Crippen LogP contribution in [0.15, 0.2) is 40.0 Å². The predicted molar refractivity (Wildman–Crippen MR) is 109 cm³/mol. The van der Waals surface area contributed by atoms with Crippen LogP contribution in [0.1, 0.15) is 20.8 Å². The van der Waals surface area contributed by atoms with Gasteiger partial charge in [-0.15, -0.1) is 0 Å². The van der Waals surface area contributed by atoms with E-state index in [1.165, 1.54) is 42.6 Å². The van der Waals surface area contributed by atoms with Gasteiger partial charge < -0.3 is 9.64 Å². The second kappa shape index (κ2) is 7.47. The predicted octanol–water partition coefficient (Wildman–Crippen LogP) is 3.14. The Bertz CT molecular complexity index is 932. The number of carbonyl (C=O) groups excluding carboxylic acids is 2. The van der Waals surface area contributed by atoms with Crippen molar-refractivity contribution < 1.29 is 19.2 Å². The molecule has 2 aliphatic heterocycles. The van der Waals surface area contributed by atoms with Gasteiger partial charge in [-0.1, -0.05) is 17.8 Å². The van der Waals surface area contributed by atoms with Crippen LogP contribution in [0.25, 0.3) is 0 Å². The number of ether oxygens (including phenoxy) is 1. The highest BCUT2D eigenvalue weighted by Gasteiger charge is 2.56. The molecule has 0 N–H and O–H groups in total. The van der Waals surface area contributed by atoms with E-state index in [0.29, 0.717) is 16.3 Å². The number of thioether (sulfide) groups is 2. The Hall–Kier alpha value is -2.53. The van der Waals surface area contributed by atoms with Crippen LogP contribution in [0.4, 0.5) is 11.4 Å². The summed E-state index contributed by atoms with van der Waals surface area (Å²) < 4.78 is 4.15. The van der Waals surface area contributed by atoms with Crippen molar-refractivity contribution in [1.82, 2.24) is 4.90 Å². The molecule has 0 amide bonds. The highest BCUT2D eigenvalue weighted by Crippen LogP contribution is 2.58. The molecule has 0 saturated carbocycles. The lowest BCUT2D eigenvalue weighted by atomic mass is 10.3. The van der Waals surface area contributed by atoms with E-state index in [1.807, 2.05) is 4.90 Å². The zero-order valence-corrected chi connectivity index (χ0v) is 17.3. The van der Waals surface area contributed by atoms with Gasteiger partial charge in [-0.25, -0.2) is 9.80 Å². The van der Waals surface area contributed by atoms with Crippen molar-refractivity contribution in [2.24, 2.45) is 5.10 Å². The number of nitro groups is 1. The third-order valence-corrected chi connectivity index (χ3v) is 7.38. The summed E-state index contributed by atoms with van der Waals surface area (Å²) in [5, 5.41) is 17.4. The van der Waals surface area contributed by atoms with Gasteiger partial charge in [-0.2, -0.15) is 5.10 Å². The zero-order chi connectivity index (χ0) is 20.6. The van der Waals surface area contributed by atoms with Crippen LogP contribution in [0.2, 0.25) is 0 Å². The molecule has 1 aromatic carbocycles. The van der Waals surface area contributed by atoms with E-state index in [-0.39, 0.29) is 23.1 Å². The molecule has 2 heterocycles. The van der Waals surface area contributed by atoms with Crippen LogP contribution in [0, 0.1) is 10.1 Å². The van der Waals surface area contributed by atoms with Gasteiger partial charge in [0.2, 0.25) is 4.33 Å². The van der Waals surface area contributed by atoms with Crippen LogP contribution < -0.4 is 5.01 Å². The molecule has 0 saturated heterocycles. The number of nitro benzene ring substituents is 1. The molecule has 3 rings (SSSR count). The molecule has 0 bridgehead atoms. The Morgan fingerprint density at radius 3 is 2.68 bits per heavy atom. The van der Waals surface area contributed by atoms with Crippen molar-refractivity contribution >= 4 is 51.7 Å². The molecule has 28 heavy (non-hydrogen) atoms. The minimum absolute atomic E-state index is 0.0925. The monoisotopic (exact) mass is 422 g/mol. The summed E-state index contributed by atoms with van der Waals surface area (Å²) in [5.74, 6) is -0.682. The van der Waals surface area contributed by atoms with Gasteiger partial charge in [-0.3, -0.25) is 14.9 Å². The molecule has 0 aliphatic carbocycles. The van der Waals surface area contributed by atoms with Gasteiger partial charge in [0.25, 0.3) is 5.69 Å². The normalized spacial score (nSPS) is 21.4. The number of non-ortho nitro benzene ring substituents is 1. The van der Waals surface area contributed by atoms with Crippen LogP contribution in [0.3, 0.4) is 0 Å². The number of benzene rings is 1. The van der Waals surface area contributed by atoms with Crippen molar-refractivity contribution in [3.05, 3.63) is 45.0 Å². The zero-order valence-electron chi connectivity index (χ0n) is 15.7. The van der Waals surface area contributed by atoms with E-state index in [2.05, 4.69) is 5.10 Å². The molecule has 148 valence electrons. The smallest absolute Gasteiger partial charge is 0.346 e. The van der Waals surface area contributed by atoms with E-state index in [1.54, 1.807) is 38.0 Å². The number of esters is 1. The summed E-state index contributed by atoms with van der Waals surface area (Å²) in [4.78, 5) is 37.4. The lowest BCUT2D eigenvalue weighted by Crippen LogP contribution is -2.47. The standard InChI is InChI=1S/C17H18N4O5S2/c1-5-26-16(23)14-10(2)19(4)17(27-14)20(18-15(28-17)11(3)22)12-7-6-8-13(9-12)21(24)25/h6-9H,5H2,1-4H3/t17-/m0/s1. The number of rotatable bonds is 5. The molecule has 9 nitrogen and oxygen atoms in total. The molecule has 1 spiro atoms. The number of carbonyl (C=O) groups is 2. The summed E-state index contributed by atoms with van der Waals surface area (Å²) in [6.45, 7) is 5.15. The Balaban J connectivity index is 2.07. The van der Waals surface area contributed by atoms with Crippen molar-refractivity contribution in [3.63, 3.8) is 0 Å². The third-order valence-electron chi connectivity index (χ3n) is 4.23. The average molecular weight is 422 g/mol. The molecule has 0 radical (unpaired) electrons.